The van der Waals surface area contributed by atoms with E-state index in [9.17, 15) is 0 Å². The van der Waals surface area contributed by atoms with Gasteiger partial charge in [-0.15, -0.1) is 0 Å². The molecule has 1 aromatic heterocycles. The molecule has 0 amide bonds. The van der Waals surface area contributed by atoms with Gasteiger partial charge in [-0.2, -0.15) is 4.57 Å². The van der Waals surface area contributed by atoms with E-state index < -0.39 is 0 Å². The highest BCUT2D eigenvalue weighted by Gasteiger charge is 2.17. The maximum atomic E-state index is 3.41. The zero-order valence-corrected chi connectivity index (χ0v) is 13.3. The minimum atomic E-state index is 1.12. The van der Waals surface area contributed by atoms with Crippen molar-refractivity contribution in [2.24, 2.45) is 0 Å². The van der Waals surface area contributed by atoms with Gasteiger partial charge in [-0.25, -0.2) is 4.98 Å². The van der Waals surface area contributed by atoms with Gasteiger partial charge in [0.25, 0.3) is 5.82 Å². The molecule has 0 aliphatic rings. The van der Waals surface area contributed by atoms with Crippen LogP contribution < -0.4 is 4.57 Å². The Balaban J connectivity index is 2.24. The molecule has 0 spiro atoms. The Bertz CT molecular complexity index is 544. The third kappa shape index (κ3) is 3.30. The minimum Gasteiger partial charge on any atom is -0.247 e. The van der Waals surface area contributed by atoms with Crippen molar-refractivity contribution in [1.29, 1.82) is 0 Å². The van der Waals surface area contributed by atoms with Crippen LogP contribution in [0.1, 0.15) is 55.1 Å². The first-order valence-electron chi connectivity index (χ1n) is 7.79. The van der Waals surface area contributed by atoms with E-state index in [-0.39, 0.29) is 0 Å². The van der Waals surface area contributed by atoms with Crippen LogP contribution in [0.15, 0.2) is 24.5 Å². The van der Waals surface area contributed by atoms with Gasteiger partial charge in [-0.3, -0.25) is 0 Å². The van der Waals surface area contributed by atoms with Gasteiger partial charge in [0, 0.05) is 6.42 Å². The first kappa shape index (κ1) is 14.8. The van der Waals surface area contributed by atoms with Crippen LogP contribution in [0.3, 0.4) is 0 Å². The van der Waals surface area contributed by atoms with Crippen molar-refractivity contribution < 1.29 is 4.57 Å². The van der Waals surface area contributed by atoms with Crippen LogP contribution in [0.4, 0.5) is 0 Å². The first-order chi connectivity index (χ1) is 9.63. The lowest BCUT2D eigenvalue weighted by Crippen LogP contribution is -2.35. The summed E-state index contributed by atoms with van der Waals surface area (Å²) in [7, 11) is 0. The minimum absolute atomic E-state index is 1.12. The summed E-state index contributed by atoms with van der Waals surface area (Å²) in [5.74, 6) is 1.32. The second kappa shape index (κ2) is 6.74. The molecule has 1 N–H and O–H groups in total. The van der Waals surface area contributed by atoms with Gasteiger partial charge in [0.1, 0.15) is 18.1 Å². The number of imidazole rings is 1. The molecule has 20 heavy (non-hydrogen) atoms. The normalized spacial score (nSPS) is 11.0. The second-order valence-electron chi connectivity index (χ2n) is 5.83. The van der Waals surface area contributed by atoms with Gasteiger partial charge in [0.2, 0.25) is 0 Å². The molecule has 0 radical (unpaired) electrons. The Morgan fingerprint density at radius 2 is 1.70 bits per heavy atom. The number of rotatable bonds is 6. The standard InChI is InChI=1S/C18H26N2/c1-5-6-7-8-9-17-19-10-11-20(17)18-15(3)12-14(2)13-16(18)4/h10-13H,5-9H2,1-4H3/p+1. The monoisotopic (exact) mass is 271 g/mol. The number of unbranched alkanes of at least 4 members (excludes halogenated alkanes) is 3. The Labute approximate surface area is 122 Å². The van der Waals surface area contributed by atoms with Crippen molar-refractivity contribution in [2.75, 3.05) is 0 Å². The Kier molecular flexibility index (Phi) is 4.99. The molecule has 2 aromatic rings. The fourth-order valence-corrected chi connectivity index (χ4v) is 3.04. The zero-order valence-electron chi connectivity index (χ0n) is 13.3. The molecule has 2 heteroatoms. The molecule has 0 aliphatic heterocycles. The van der Waals surface area contributed by atoms with Crippen LogP contribution in [0.25, 0.3) is 5.69 Å². The quantitative estimate of drug-likeness (QED) is 0.595. The molecule has 1 aromatic carbocycles. The molecule has 0 aliphatic carbocycles. The van der Waals surface area contributed by atoms with Crippen LogP contribution in [0.5, 0.6) is 0 Å². The Morgan fingerprint density at radius 1 is 1.00 bits per heavy atom. The summed E-state index contributed by atoms with van der Waals surface area (Å²) in [5.41, 5.74) is 5.37. The lowest BCUT2D eigenvalue weighted by molar-refractivity contribution is -0.603. The van der Waals surface area contributed by atoms with Gasteiger partial charge in [0.15, 0.2) is 0 Å². The van der Waals surface area contributed by atoms with Crippen molar-refractivity contribution in [1.82, 2.24) is 4.98 Å². The lowest BCUT2D eigenvalue weighted by Gasteiger charge is -2.09. The Hall–Kier alpha value is -1.57. The summed E-state index contributed by atoms with van der Waals surface area (Å²) in [4.78, 5) is 3.41. The number of aryl methyl sites for hydroxylation is 4. The van der Waals surface area contributed by atoms with Gasteiger partial charge in [-0.1, -0.05) is 43.9 Å². The summed E-state index contributed by atoms with van der Waals surface area (Å²) in [6.07, 6.45) is 10.5. The molecule has 108 valence electrons. The molecule has 0 unspecified atom stereocenters. The van der Waals surface area contributed by atoms with Crippen molar-refractivity contribution in [3.05, 3.63) is 47.0 Å². The molecule has 0 saturated heterocycles. The predicted molar refractivity (Wildman–Crippen MR) is 84.4 cm³/mol. The van der Waals surface area contributed by atoms with Gasteiger partial charge >= 0.3 is 0 Å². The molecule has 0 atom stereocenters. The largest absolute Gasteiger partial charge is 0.259 e. The van der Waals surface area contributed by atoms with Crippen molar-refractivity contribution in [3.63, 3.8) is 0 Å². The molecule has 2 nitrogen and oxygen atoms in total. The number of nitrogens with one attached hydrogen (secondary N) is 1. The van der Waals surface area contributed by atoms with E-state index >= 15 is 0 Å². The maximum Gasteiger partial charge on any atom is 0.259 e. The number of aromatic amines is 1. The molecular formula is C18H27N2+. The zero-order chi connectivity index (χ0) is 14.5. The van der Waals surface area contributed by atoms with Crippen molar-refractivity contribution in [2.45, 2.75) is 59.8 Å². The molecule has 2 rings (SSSR count). The highest BCUT2D eigenvalue weighted by atomic mass is 15.1. The number of H-pyrrole nitrogens is 1. The van der Waals surface area contributed by atoms with E-state index in [4.69, 9.17) is 0 Å². The topological polar surface area (TPSA) is 19.7 Å². The first-order valence-corrected chi connectivity index (χ1v) is 7.79. The van der Waals surface area contributed by atoms with Gasteiger partial charge < -0.3 is 0 Å². The van der Waals surface area contributed by atoms with E-state index in [0.29, 0.717) is 0 Å². The second-order valence-corrected chi connectivity index (χ2v) is 5.83. The van der Waals surface area contributed by atoms with E-state index in [1.165, 1.54) is 53.9 Å². The number of aromatic nitrogens is 2. The van der Waals surface area contributed by atoms with Crippen LogP contribution >= 0.6 is 0 Å². The Morgan fingerprint density at radius 3 is 2.35 bits per heavy atom. The van der Waals surface area contributed by atoms with E-state index in [2.05, 4.69) is 55.6 Å². The summed E-state index contributed by atoms with van der Waals surface area (Å²) < 4.78 is 2.33. The lowest BCUT2D eigenvalue weighted by atomic mass is 10.0. The highest BCUT2D eigenvalue weighted by Crippen LogP contribution is 2.17. The fourth-order valence-electron chi connectivity index (χ4n) is 3.04. The van der Waals surface area contributed by atoms with E-state index in [1.54, 1.807) is 0 Å². The summed E-state index contributed by atoms with van der Waals surface area (Å²) in [6, 6.07) is 4.53. The maximum absolute atomic E-state index is 3.41. The molecular weight excluding hydrogens is 244 g/mol. The molecule has 0 fully saturated rings. The molecule has 0 saturated carbocycles. The number of hydrogen-bond donors (Lipinski definition) is 1. The summed E-state index contributed by atoms with van der Waals surface area (Å²) >= 11 is 0. The van der Waals surface area contributed by atoms with Gasteiger partial charge in [-0.05, 0) is 38.3 Å². The highest BCUT2D eigenvalue weighted by molar-refractivity contribution is 5.43. The van der Waals surface area contributed by atoms with Crippen LogP contribution in [-0.2, 0) is 6.42 Å². The molecule has 0 bridgehead atoms. The fraction of sp³-hybridized carbons (Fsp3) is 0.500. The smallest absolute Gasteiger partial charge is 0.247 e. The number of hydrogen-bond acceptors (Lipinski definition) is 0. The van der Waals surface area contributed by atoms with Crippen molar-refractivity contribution in [3.8, 4) is 5.69 Å². The van der Waals surface area contributed by atoms with Crippen LogP contribution in [0.2, 0.25) is 0 Å². The van der Waals surface area contributed by atoms with Crippen LogP contribution in [-0.4, -0.2) is 4.98 Å². The average molecular weight is 271 g/mol. The van der Waals surface area contributed by atoms with Gasteiger partial charge in [0.05, 0.1) is 0 Å². The average Bonchev–Trinajstić information content (AvgIpc) is 2.82. The SMILES string of the molecule is CCCCCCc1[nH]cc[n+]1-c1c(C)cc(C)cc1C. The van der Waals surface area contributed by atoms with Crippen LogP contribution in [0, 0.1) is 20.8 Å². The van der Waals surface area contributed by atoms with Crippen molar-refractivity contribution >= 4 is 0 Å². The molecule has 1 heterocycles. The number of nitrogens with zero attached hydrogens (tertiary/aromatic N) is 1. The third-order valence-corrected chi connectivity index (χ3v) is 3.91. The number of benzene rings is 1. The van der Waals surface area contributed by atoms with E-state index in [1.807, 2.05) is 6.20 Å². The van der Waals surface area contributed by atoms with E-state index in [0.717, 1.165) is 6.42 Å². The summed E-state index contributed by atoms with van der Waals surface area (Å²) in [6.45, 7) is 8.83. The third-order valence-electron chi connectivity index (χ3n) is 3.91. The predicted octanol–water partition coefficient (Wildman–Crippen LogP) is 4.34. The summed E-state index contributed by atoms with van der Waals surface area (Å²) in [5, 5.41) is 0.